The van der Waals surface area contributed by atoms with Gasteiger partial charge < -0.3 is 0 Å². The third kappa shape index (κ3) is 4.24. The van der Waals surface area contributed by atoms with E-state index in [2.05, 4.69) is 59.0 Å². The van der Waals surface area contributed by atoms with Gasteiger partial charge in [-0.15, -0.1) is 0 Å². The second-order valence-corrected chi connectivity index (χ2v) is 7.73. The zero-order valence-corrected chi connectivity index (χ0v) is 13.4. The van der Waals surface area contributed by atoms with Gasteiger partial charge in [-0.1, -0.05) is 0 Å². The van der Waals surface area contributed by atoms with E-state index in [-0.39, 0.29) is 0 Å². The van der Waals surface area contributed by atoms with Crippen LogP contribution in [0.15, 0.2) is 0 Å². The molecule has 0 aliphatic heterocycles. The Morgan fingerprint density at radius 2 is 1.82 bits per heavy atom. The van der Waals surface area contributed by atoms with Crippen LogP contribution in [-0.2, 0) is 4.74 Å². The van der Waals surface area contributed by atoms with Gasteiger partial charge in [0, 0.05) is 0 Å². The molecule has 1 aliphatic rings. The molecule has 0 bridgehead atoms. The molecule has 97 valence electrons. The molecule has 0 spiro atoms. The fourth-order valence-corrected chi connectivity index (χ4v) is 4.23. The van der Waals surface area contributed by atoms with E-state index >= 15 is 0 Å². The second-order valence-electron chi connectivity index (χ2n) is 4.75. The molecule has 17 heavy (non-hydrogen) atoms. The predicted molar refractivity (Wildman–Crippen MR) is 74.2 cm³/mol. The Balaban J connectivity index is 2.52. The molecule has 0 aromatic heterocycles. The summed E-state index contributed by atoms with van der Waals surface area (Å²) in [4.78, 5) is 4.40. The average Bonchev–Trinajstić information content (AvgIpc) is 2.74. The maximum absolute atomic E-state index is 5.41. The van der Waals surface area contributed by atoms with E-state index in [4.69, 9.17) is 4.74 Å². The standard InChI is InChI=1S/C14H24NOSe/c1-10(15(4)5)13-8-7-9-14(13)17-12(3)11(2)16-6/h7-12H,1-6H3/t10-,11-,12+/m1/s1. The number of hydrogen-bond donors (Lipinski definition) is 0. The molecule has 0 aromatic carbocycles. The first-order chi connectivity index (χ1) is 7.97. The van der Waals surface area contributed by atoms with Gasteiger partial charge in [-0.05, 0) is 0 Å². The zero-order valence-electron chi connectivity index (χ0n) is 11.7. The summed E-state index contributed by atoms with van der Waals surface area (Å²) in [6, 6.07) is 0.493. The molecular formula is C14H24NOSe. The number of nitrogens with zero attached hydrogens (tertiary/aromatic N) is 1. The van der Waals surface area contributed by atoms with Crippen molar-refractivity contribution in [3.8, 4) is 0 Å². The first-order valence-corrected chi connectivity index (χ1v) is 7.93. The van der Waals surface area contributed by atoms with Crippen LogP contribution in [0.3, 0.4) is 0 Å². The van der Waals surface area contributed by atoms with Crippen LogP contribution in [0.4, 0.5) is 0 Å². The molecule has 1 rings (SSSR count). The van der Waals surface area contributed by atoms with Gasteiger partial charge in [-0.25, -0.2) is 0 Å². The topological polar surface area (TPSA) is 12.5 Å². The number of rotatable bonds is 6. The van der Waals surface area contributed by atoms with Crippen LogP contribution in [0, 0.1) is 30.0 Å². The number of ether oxygens (including phenoxy) is 1. The van der Waals surface area contributed by atoms with Crippen molar-refractivity contribution in [1.82, 2.24) is 4.90 Å². The predicted octanol–water partition coefficient (Wildman–Crippen LogP) is 2.22. The Bertz CT molecular complexity index is 222. The van der Waals surface area contributed by atoms with Crippen molar-refractivity contribution in [3.63, 3.8) is 0 Å². The van der Waals surface area contributed by atoms with Gasteiger partial charge in [0.2, 0.25) is 0 Å². The summed E-state index contributed by atoms with van der Waals surface area (Å²) < 4.78 is 5.41. The van der Waals surface area contributed by atoms with Crippen molar-refractivity contribution in [2.45, 2.75) is 37.7 Å². The van der Waals surface area contributed by atoms with Crippen LogP contribution in [0.5, 0.6) is 0 Å². The monoisotopic (exact) mass is 302 g/mol. The van der Waals surface area contributed by atoms with Crippen LogP contribution < -0.4 is 0 Å². The molecule has 1 fully saturated rings. The summed E-state index contributed by atoms with van der Waals surface area (Å²) in [6.45, 7) is 6.70. The maximum atomic E-state index is 5.41. The number of hydrogen-bond acceptors (Lipinski definition) is 2. The Kier molecular flexibility index (Phi) is 6.50. The SMILES string of the molecule is CO[C@H](C)[C@H](C)[Se][C]1[CH][CH][CH][C]1[C@@H](C)N(C)C. The van der Waals surface area contributed by atoms with Gasteiger partial charge in [0.25, 0.3) is 0 Å². The van der Waals surface area contributed by atoms with Crippen LogP contribution in [0.1, 0.15) is 20.8 Å². The van der Waals surface area contributed by atoms with Gasteiger partial charge in [0.05, 0.1) is 0 Å². The Labute approximate surface area is 114 Å². The molecule has 0 aromatic rings. The fraction of sp³-hybridized carbons (Fsp3) is 0.643. The van der Waals surface area contributed by atoms with E-state index in [0.717, 1.165) is 0 Å². The molecule has 1 aliphatic carbocycles. The second kappa shape index (κ2) is 7.13. The van der Waals surface area contributed by atoms with E-state index in [1.54, 1.807) is 7.11 Å². The Hall–Kier alpha value is 0.439. The van der Waals surface area contributed by atoms with E-state index in [0.29, 0.717) is 31.9 Å². The third-order valence-corrected chi connectivity index (χ3v) is 6.28. The van der Waals surface area contributed by atoms with Crippen molar-refractivity contribution >= 4 is 15.0 Å². The minimum absolute atomic E-state index is 0.340. The van der Waals surface area contributed by atoms with Crippen LogP contribution in [-0.4, -0.2) is 53.2 Å². The van der Waals surface area contributed by atoms with Gasteiger partial charge >= 0.3 is 114 Å². The van der Waals surface area contributed by atoms with Gasteiger partial charge in [-0.3, -0.25) is 0 Å². The molecule has 0 saturated heterocycles. The van der Waals surface area contributed by atoms with E-state index in [1.807, 2.05) is 0 Å². The molecule has 0 unspecified atom stereocenters. The zero-order chi connectivity index (χ0) is 13.0. The molecule has 0 amide bonds. The summed E-state index contributed by atoms with van der Waals surface area (Å²) in [5, 5.41) is 0. The summed E-state index contributed by atoms with van der Waals surface area (Å²) in [7, 11) is 6.07. The number of methoxy groups -OCH3 is 1. The van der Waals surface area contributed by atoms with E-state index < -0.39 is 0 Å². The molecule has 3 heteroatoms. The van der Waals surface area contributed by atoms with Crippen molar-refractivity contribution in [1.29, 1.82) is 0 Å². The van der Waals surface area contributed by atoms with Crippen LogP contribution >= 0.6 is 0 Å². The van der Waals surface area contributed by atoms with Crippen LogP contribution in [0.2, 0.25) is 4.82 Å². The van der Waals surface area contributed by atoms with Gasteiger partial charge in [0.1, 0.15) is 0 Å². The first kappa shape index (κ1) is 15.5. The summed E-state index contributed by atoms with van der Waals surface area (Å²) in [5.41, 5.74) is 0. The van der Waals surface area contributed by atoms with Crippen LogP contribution in [0.25, 0.3) is 0 Å². The van der Waals surface area contributed by atoms with Crippen molar-refractivity contribution in [2.75, 3.05) is 21.2 Å². The van der Waals surface area contributed by atoms with Gasteiger partial charge in [-0.2, -0.15) is 0 Å². The molecule has 0 heterocycles. The molecule has 0 N–H and O–H groups in total. The quantitative estimate of drug-likeness (QED) is 0.698. The van der Waals surface area contributed by atoms with Crippen molar-refractivity contribution < 1.29 is 4.74 Å². The first-order valence-electron chi connectivity index (χ1n) is 6.08. The van der Waals surface area contributed by atoms with E-state index in [1.165, 1.54) is 10.7 Å². The minimum atomic E-state index is 0.340. The van der Waals surface area contributed by atoms with Gasteiger partial charge in [0.15, 0.2) is 0 Å². The third-order valence-electron chi connectivity index (χ3n) is 3.38. The fourth-order valence-electron chi connectivity index (χ4n) is 1.64. The molecular weight excluding hydrogens is 277 g/mol. The summed E-state index contributed by atoms with van der Waals surface area (Å²) >= 11 is 0.485. The molecule has 1 saturated carbocycles. The van der Waals surface area contributed by atoms with Crippen molar-refractivity contribution in [3.05, 3.63) is 30.0 Å². The summed E-state index contributed by atoms with van der Waals surface area (Å²) in [5.74, 6) is 1.48. The average molecular weight is 301 g/mol. The Morgan fingerprint density at radius 1 is 1.18 bits per heavy atom. The molecule has 5 radical (unpaired) electrons. The molecule has 2 nitrogen and oxygen atoms in total. The summed E-state index contributed by atoms with van der Waals surface area (Å²) in [6.07, 6.45) is 7.05. The van der Waals surface area contributed by atoms with E-state index in [9.17, 15) is 0 Å². The molecule has 3 atom stereocenters. The normalized spacial score (nSPS) is 24.2. The Morgan fingerprint density at radius 3 is 2.35 bits per heavy atom. The van der Waals surface area contributed by atoms with Crippen molar-refractivity contribution in [2.24, 2.45) is 0 Å².